The molecule has 1 unspecified atom stereocenters. The number of hydrogen-bond acceptors (Lipinski definition) is 2. The molecule has 0 aromatic heterocycles. The smallest absolute Gasteiger partial charge is 0.124 e. The van der Waals surface area contributed by atoms with E-state index in [-0.39, 0.29) is 5.82 Å². The molecule has 0 heterocycles. The van der Waals surface area contributed by atoms with Gasteiger partial charge in [0.1, 0.15) is 5.82 Å². The van der Waals surface area contributed by atoms with Crippen molar-refractivity contribution in [2.45, 2.75) is 6.10 Å². The van der Waals surface area contributed by atoms with Crippen molar-refractivity contribution < 1.29 is 9.50 Å². The zero-order valence-electron chi connectivity index (χ0n) is 9.91. The van der Waals surface area contributed by atoms with Crippen molar-refractivity contribution >= 4 is 39.9 Å². The molecule has 1 atom stereocenters. The van der Waals surface area contributed by atoms with Crippen molar-refractivity contribution in [2.24, 2.45) is 0 Å². The van der Waals surface area contributed by atoms with Crippen LogP contribution in [0.15, 0.2) is 42.5 Å². The quantitative estimate of drug-likeness (QED) is 0.765. The largest absolute Gasteiger partial charge is 0.387 e. The number of benzene rings is 2. The van der Waals surface area contributed by atoms with Crippen LogP contribution in [-0.2, 0) is 0 Å². The van der Waals surface area contributed by atoms with Crippen LogP contribution in [-0.4, -0.2) is 11.7 Å². The Morgan fingerprint density at radius 2 is 2.00 bits per heavy atom. The molecule has 19 heavy (non-hydrogen) atoms. The maximum Gasteiger partial charge on any atom is 0.124 e. The van der Waals surface area contributed by atoms with Crippen LogP contribution in [0.2, 0.25) is 5.02 Å². The molecule has 0 aliphatic rings. The SMILES string of the molecule is OC(CNc1ccc(F)cc1I)c1ccccc1Cl. The zero-order chi connectivity index (χ0) is 13.8. The van der Waals surface area contributed by atoms with E-state index in [1.165, 1.54) is 12.1 Å². The Kier molecular flexibility index (Phi) is 5.01. The number of hydrogen-bond donors (Lipinski definition) is 2. The molecule has 2 aromatic carbocycles. The summed E-state index contributed by atoms with van der Waals surface area (Å²) in [6.07, 6.45) is -0.713. The van der Waals surface area contributed by atoms with E-state index in [0.717, 1.165) is 9.26 Å². The van der Waals surface area contributed by atoms with E-state index in [9.17, 15) is 9.50 Å². The Bertz CT molecular complexity index is 579. The van der Waals surface area contributed by atoms with Crippen molar-refractivity contribution in [1.82, 2.24) is 0 Å². The highest BCUT2D eigenvalue weighted by Crippen LogP contribution is 2.24. The van der Waals surface area contributed by atoms with Gasteiger partial charge in [-0.05, 0) is 46.9 Å². The lowest BCUT2D eigenvalue weighted by Crippen LogP contribution is -2.13. The monoisotopic (exact) mass is 391 g/mol. The van der Waals surface area contributed by atoms with Crippen LogP contribution in [0.4, 0.5) is 10.1 Å². The fourth-order valence-electron chi connectivity index (χ4n) is 1.69. The standard InChI is InChI=1S/C14H12ClFINO/c15-11-4-2-1-3-10(11)14(19)8-18-13-6-5-9(16)7-12(13)17/h1-7,14,18-19H,8H2. The first-order chi connectivity index (χ1) is 9.08. The van der Waals surface area contributed by atoms with Gasteiger partial charge in [0.25, 0.3) is 0 Å². The lowest BCUT2D eigenvalue weighted by Gasteiger charge is -2.15. The van der Waals surface area contributed by atoms with Gasteiger partial charge in [-0.25, -0.2) is 4.39 Å². The maximum absolute atomic E-state index is 13.0. The van der Waals surface area contributed by atoms with E-state index in [4.69, 9.17) is 11.6 Å². The van der Waals surface area contributed by atoms with E-state index in [1.807, 2.05) is 34.7 Å². The molecule has 0 radical (unpaired) electrons. The minimum absolute atomic E-state index is 0.276. The molecule has 100 valence electrons. The molecule has 2 aromatic rings. The third-order valence-corrected chi connectivity index (χ3v) is 3.92. The molecular formula is C14H12ClFINO. The van der Waals surface area contributed by atoms with Gasteiger partial charge in [0, 0.05) is 26.4 Å². The molecule has 0 fully saturated rings. The van der Waals surface area contributed by atoms with Crippen LogP contribution in [0, 0.1) is 9.39 Å². The number of nitrogens with one attached hydrogen (secondary N) is 1. The first kappa shape index (κ1) is 14.6. The fourth-order valence-corrected chi connectivity index (χ4v) is 2.62. The average Bonchev–Trinajstić information content (AvgIpc) is 2.38. The summed E-state index contributed by atoms with van der Waals surface area (Å²) >= 11 is 8.06. The van der Waals surface area contributed by atoms with Crippen LogP contribution >= 0.6 is 34.2 Å². The molecule has 2 nitrogen and oxygen atoms in total. The maximum atomic E-state index is 13.0. The second-order valence-electron chi connectivity index (χ2n) is 4.04. The van der Waals surface area contributed by atoms with E-state index < -0.39 is 6.10 Å². The van der Waals surface area contributed by atoms with Crippen LogP contribution in [0.25, 0.3) is 0 Å². The second kappa shape index (κ2) is 6.54. The van der Waals surface area contributed by atoms with Gasteiger partial charge in [-0.3, -0.25) is 0 Å². The molecule has 0 aliphatic heterocycles. The number of rotatable bonds is 4. The summed E-state index contributed by atoms with van der Waals surface area (Å²) < 4.78 is 13.7. The van der Waals surface area contributed by atoms with Gasteiger partial charge < -0.3 is 10.4 Å². The van der Waals surface area contributed by atoms with E-state index in [2.05, 4.69) is 5.32 Å². The summed E-state index contributed by atoms with van der Waals surface area (Å²) in [5.41, 5.74) is 1.46. The summed E-state index contributed by atoms with van der Waals surface area (Å²) in [5.74, 6) is -0.276. The second-order valence-corrected chi connectivity index (χ2v) is 5.61. The van der Waals surface area contributed by atoms with Gasteiger partial charge in [-0.1, -0.05) is 29.8 Å². The fraction of sp³-hybridized carbons (Fsp3) is 0.143. The van der Waals surface area contributed by atoms with Gasteiger partial charge in [-0.15, -0.1) is 0 Å². The molecule has 0 saturated carbocycles. The zero-order valence-corrected chi connectivity index (χ0v) is 12.8. The van der Waals surface area contributed by atoms with Crippen LogP contribution in [0.1, 0.15) is 11.7 Å². The molecule has 0 saturated heterocycles. The predicted molar refractivity (Wildman–Crippen MR) is 84.0 cm³/mol. The van der Waals surface area contributed by atoms with Crippen LogP contribution in [0.5, 0.6) is 0 Å². The summed E-state index contributed by atoms with van der Waals surface area (Å²) in [5, 5.41) is 13.7. The minimum atomic E-state index is -0.713. The topological polar surface area (TPSA) is 32.3 Å². The molecule has 5 heteroatoms. The number of halogens is 3. The Morgan fingerprint density at radius 1 is 1.26 bits per heavy atom. The summed E-state index contributed by atoms with van der Waals surface area (Å²) in [4.78, 5) is 0. The van der Waals surface area contributed by atoms with Gasteiger partial charge in [0.05, 0.1) is 6.10 Å². The van der Waals surface area contributed by atoms with Crippen LogP contribution in [0.3, 0.4) is 0 Å². The number of aliphatic hydroxyl groups excluding tert-OH is 1. The van der Waals surface area contributed by atoms with Crippen molar-refractivity contribution in [3.8, 4) is 0 Å². The van der Waals surface area contributed by atoms with E-state index in [0.29, 0.717) is 17.1 Å². The Morgan fingerprint density at radius 3 is 2.68 bits per heavy atom. The lowest BCUT2D eigenvalue weighted by molar-refractivity contribution is 0.191. The molecule has 0 spiro atoms. The molecule has 0 aliphatic carbocycles. The number of anilines is 1. The van der Waals surface area contributed by atoms with E-state index in [1.54, 1.807) is 18.2 Å². The lowest BCUT2D eigenvalue weighted by atomic mass is 10.1. The predicted octanol–water partition coefficient (Wildman–Crippen LogP) is 4.23. The van der Waals surface area contributed by atoms with Crippen molar-refractivity contribution in [2.75, 3.05) is 11.9 Å². The molecule has 2 N–H and O–H groups in total. The third kappa shape index (κ3) is 3.81. The highest BCUT2D eigenvalue weighted by atomic mass is 127. The molecule has 2 rings (SSSR count). The normalized spacial score (nSPS) is 12.2. The van der Waals surface area contributed by atoms with Gasteiger partial charge in [0.2, 0.25) is 0 Å². The van der Waals surface area contributed by atoms with Crippen molar-refractivity contribution in [3.63, 3.8) is 0 Å². The average molecular weight is 392 g/mol. The van der Waals surface area contributed by atoms with Crippen molar-refractivity contribution in [3.05, 3.63) is 62.4 Å². The first-order valence-electron chi connectivity index (χ1n) is 5.69. The highest BCUT2D eigenvalue weighted by Gasteiger charge is 2.11. The molecule has 0 bridgehead atoms. The Hall–Kier alpha value is -0.850. The van der Waals surface area contributed by atoms with Crippen LogP contribution < -0.4 is 5.32 Å². The van der Waals surface area contributed by atoms with E-state index >= 15 is 0 Å². The van der Waals surface area contributed by atoms with Gasteiger partial charge >= 0.3 is 0 Å². The number of aliphatic hydroxyl groups is 1. The Balaban J connectivity index is 2.04. The Labute approximate surface area is 129 Å². The molecular weight excluding hydrogens is 380 g/mol. The molecule has 0 amide bonds. The van der Waals surface area contributed by atoms with Gasteiger partial charge in [-0.2, -0.15) is 0 Å². The highest BCUT2D eigenvalue weighted by molar-refractivity contribution is 14.1. The summed E-state index contributed by atoms with van der Waals surface area (Å²) in [6, 6.07) is 11.6. The summed E-state index contributed by atoms with van der Waals surface area (Å²) in [6.45, 7) is 0.311. The third-order valence-electron chi connectivity index (χ3n) is 2.68. The van der Waals surface area contributed by atoms with Gasteiger partial charge in [0.15, 0.2) is 0 Å². The van der Waals surface area contributed by atoms with Crippen molar-refractivity contribution in [1.29, 1.82) is 0 Å². The minimum Gasteiger partial charge on any atom is -0.387 e. The first-order valence-corrected chi connectivity index (χ1v) is 7.15. The summed E-state index contributed by atoms with van der Waals surface area (Å²) in [7, 11) is 0.